The molecule has 30 heavy (non-hydrogen) atoms. The number of halogens is 7. The van der Waals surface area contributed by atoms with Crippen LogP contribution in [0.2, 0.25) is 0 Å². The lowest BCUT2D eigenvalue weighted by Gasteiger charge is -2.20. The van der Waals surface area contributed by atoms with Crippen molar-refractivity contribution >= 4 is 0 Å². The molecule has 0 amide bonds. The molecule has 2 aromatic carbocycles. The largest absolute Gasteiger partial charge is 0.432 e. The third kappa shape index (κ3) is 4.37. The van der Waals surface area contributed by atoms with Crippen LogP contribution in [0.3, 0.4) is 0 Å². The van der Waals surface area contributed by atoms with Crippen molar-refractivity contribution in [3.05, 3.63) is 76.9 Å². The zero-order valence-corrected chi connectivity index (χ0v) is 15.3. The number of nitrogens with zero attached hydrogens (tertiary/aromatic N) is 2. The van der Waals surface area contributed by atoms with E-state index in [1.54, 1.807) is 0 Å². The minimum atomic E-state index is -4.66. The lowest BCUT2D eigenvalue weighted by Crippen LogP contribution is -2.25. The molecule has 0 saturated carbocycles. The van der Waals surface area contributed by atoms with E-state index in [1.807, 2.05) is 6.92 Å². The summed E-state index contributed by atoms with van der Waals surface area (Å²) in [4.78, 5) is 7.91. The van der Waals surface area contributed by atoms with E-state index < -0.39 is 46.5 Å². The lowest BCUT2D eigenvalue weighted by atomic mass is 10.1. The molecule has 0 bridgehead atoms. The van der Waals surface area contributed by atoms with Gasteiger partial charge in [-0.2, -0.15) is 8.78 Å². The van der Waals surface area contributed by atoms with Gasteiger partial charge < -0.3 is 4.74 Å². The Hall–Kier alpha value is -3.17. The molecule has 10 heteroatoms. The highest BCUT2D eigenvalue weighted by atomic mass is 19.3. The Bertz CT molecular complexity index is 1030. The van der Waals surface area contributed by atoms with Crippen LogP contribution in [0.25, 0.3) is 11.4 Å². The maximum Gasteiger partial charge on any atom is 0.432 e. The quantitative estimate of drug-likeness (QED) is 0.360. The van der Waals surface area contributed by atoms with Crippen LogP contribution < -0.4 is 4.74 Å². The second-order valence-corrected chi connectivity index (χ2v) is 6.30. The van der Waals surface area contributed by atoms with Crippen molar-refractivity contribution in [3.63, 3.8) is 0 Å². The molecule has 3 nitrogen and oxygen atoms in total. The Morgan fingerprint density at radius 3 is 1.87 bits per heavy atom. The van der Waals surface area contributed by atoms with E-state index in [-0.39, 0.29) is 23.5 Å². The summed E-state index contributed by atoms with van der Waals surface area (Å²) >= 11 is 0. The molecule has 158 valence electrons. The van der Waals surface area contributed by atoms with Crippen molar-refractivity contribution < 1.29 is 35.5 Å². The van der Waals surface area contributed by atoms with Gasteiger partial charge in [-0.05, 0) is 24.1 Å². The highest BCUT2D eigenvalue weighted by Gasteiger charge is 2.41. The average molecular weight is 430 g/mol. The Kier molecular flexibility index (Phi) is 5.95. The fourth-order valence-electron chi connectivity index (χ4n) is 2.69. The number of aromatic nitrogens is 2. The third-order valence-electron chi connectivity index (χ3n) is 4.04. The highest BCUT2D eigenvalue weighted by molar-refractivity contribution is 5.56. The first kappa shape index (κ1) is 21.5. The summed E-state index contributed by atoms with van der Waals surface area (Å²) < 4.78 is 101. The number of alkyl halides is 2. The molecule has 3 rings (SSSR count). The minimum absolute atomic E-state index is 0.0916. The Morgan fingerprint density at radius 2 is 1.37 bits per heavy atom. The fraction of sp³-hybridized carbons (Fsp3) is 0.200. The van der Waals surface area contributed by atoms with Gasteiger partial charge in [0.05, 0.1) is 0 Å². The number of hydrogen-bond donors (Lipinski definition) is 0. The van der Waals surface area contributed by atoms with E-state index in [0.717, 1.165) is 12.0 Å². The summed E-state index contributed by atoms with van der Waals surface area (Å²) in [6, 6.07) is 1.41. The van der Waals surface area contributed by atoms with Crippen molar-refractivity contribution in [2.24, 2.45) is 0 Å². The maximum atomic E-state index is 14.4. The Balaban J connectivity index is 1.94. The molecular formula is C20H13F7N2O. The molecule has 3 aromatic rings. The second-order valence-electron chi connectivity index (χ2n) is 6.30. The molecule has 0 saturated heterocycles. The monoisotopic (exact) mass is 430 g/mol. The van der Waals surface area contributed by atoms with Crippen LogP contribution in [-0.2, 0) is 12.5 Å². The molecule has 0 N–H and O–H groups in total. The van der Waals surface area contributed by atoms with Gasteiger partial charge in [0, 0.05) is 30.1 Å². The van der Waals surface area contributed by atoms with Crippen LogP contribution in [0, 0.1) is 29.1 Å². The number of rotatable bonds is 6. The lowest BCUT2D eigenvalue weighted by molar-refractivity contribution is -0.189. The van der Waals surface area contributed by atoms with E-state index in [0.29, 0.717) is 18.6 Å². The molecule has 0 aliphatic heterocycles. The van der Waals surface area contributed by atoms with Crippen molar-refractivity contribution in [3.8, 4) is 17.1 Å². The van der Waals surface area contributed by atoms with Gasteiger partial charge in [0.25, 0.3) is 0 Å². The van der Waals surface area contributed by atoms with Crippen LogP contribution >= 0.6 is 0 Å². The van der Waals surface area contributed by atoms with E-state index in [2.05, 4.69) is 14.7 Å². The molecule has 1 aromatic heterocycles. The fourth-order valence-corrected chi connectivity index (χ4v) is 2.69. The summed E-state index contributed by atoms with van der Waals surface area (Å²) in [5.74, 6) is -10.2. The van der Waals surface area contributed by atoms with Gasteiger partial charge in [0.2, 0.25) is 0 Å². The topological polar surface area (TPSA) is 35.0 Å². The van der Waals surface area contributed by atoms with E-state index in [9.17, 15) is 30.7 Å². The van der Waals surface area contributed by atoms with Gasteiger partial charge in [-0.25, -0.2) is 31.9 Å². The van der Waals surface area contributed by atoms with Gasteiger partial charge in [-0.15, -0.1) is 0 Å². The van der Waals surface area contributed by atoms with Gasteiger partial charge in [-0.1, -0.05) is 13.3 Å². The van der Waals surface area contributed by atoms with E-state index in [1.165, 1.54) is 12.4 Å². The van der Waals surface area contributed by atoms with Crippen molar-refractivity contribution in [1.29, 1.82) is 0 Å². The average Bonchev–Trinajstić information content (AvgIpc) is 2.65. The van der Waals surface area contributed by atoms with E-state index >= 15 is 0 Å². The number of hydrogen-bond acceptors (Lipinski definition) is 3. The molecule has 0 fully saturated rings. The molecule has 0 atom stereocenters. The smallest absolute Gasteiger partial charge is 0.429 e. The maximum absolute atomic E-state index is 14.4. The van der Waals surface area contributed by atoms with Gasteiger partial charge >= 0.3 is 6.11 Å². The number of benzene rings is 2. The van der Waals surface area contributed by atoms with Crippen LogP contribution in [0.15, 0.2) is 36.7 Å². The first-order valence-corrected chi connectivity index (χ1v) is 8.64. The molecule has 0 aliphatic rings. The zero-order chi connectivity index (χ0) is 22.1. The minimum Gasteiger partial charge on any atom is -0.429 e. The predicted octanol–water partition coefficient (Wildman–Crippen LogP) is 5.92. The summed E-state index contributed by atoms with van der Waals surface area (Å²) in [6.45, 7) is 1.94. The summed E-state index contributed by atoms with van der Waals surface area (Å²) in [7, 11) is 0. The first-order chi connectivity index (χ1) is 14.1. The molecule has 1 heterocycles. The van der Waals surface area contributed by atoms with Crippen molar-refractivity contribution in [1.82, 2.24) is 9.97 Å². The Morgan fingerprint density at radius 1 is 0.833 bits per heavy atom. The standard InChI is InChI=1S/C20H13F7N2O/c1-2-3-10-8-28-19(29-9-10)11-4-13(21)17(14(22)5-11)20(26,27)30-12-6-15(23)18(25)16(24)7-12/h4-9H,2-3H2,1H3. The van der Waals surface area contributed by atoms with Crippen LogP contribution in [0.1, 0.15) is 24.5 Å². The SMILES string of the molecule is CCCc1cnc(-c2cc(F)c(C(F)(F)Oc3cc(F)c(F)c(F)c3)c(F)c2)nc1. The van der Waals surface area contributed by atoms with Crippen LogP contribution in [0.4, 0.5) is 30.7 Å². The number of ether oxygens (including phenoxy) is 1. The summed E-state index contributed by atoms with van der Waals surface area (Å²) in [6.07, 6.45) is -0.237. The molecular weight excluding hydrogens is 417 g/mol. The van der Waals surface area contributed by atoms with Gasteiger partial charge in [0.1, 0.15) is 22.9 Å². The Labute approximate surface area is 166 Å². The van der Waals surface area contributed by atoms with Gasteiger partial charge in [0.15, 0.2) is 23.3 Å². The first-order valence-electron chi connectivity index (χ1n) is 8.64. The van der Waals surface area contributed by atoms with E-state index in [4.69, 9.17) is 0 Å². The molecule has 0 unspecified atom stereocenters. The van der Waals surface area contributed by atoms with Crippen LogP contribution in [0.5, 0.6) is 5.75 Å². The molecule has 0 spiro atoms. The normalized spacial score (nSPS) is 11.6. The zero-order valence-electron chi connectivity index (χ0n) is 15.3. The number of aryl methyl sites for hydroxylation is 1. The van der Waals surface area contributed by atoms with Crippen molar-refractivity contribution in [2.45, 2.75) is 25.9 Å². The van der Waals surface area contributed by atoms with Crippen LogP contribution in [-0.4, -0.2) is 9.97 Å². The van der Waals surface area contributed by atoms with Crippen molar-refractivity contribution in [2.75, 3.05) is 0 Å². The molecule has 0 aliphatic carbocycles. The second kappa shape index (κ2) is 8.29. The summed E-state index contributed by atoms with van der Waals surface area (Å²) in [5, 5.41) is 0. The third-order valence-corrected chi connectivity index (χ3v) is 4.04. The predicted molar refractivity (Wildman–Crippen MR) is 92.2 cm³/mol. The van der Waals surface area contributed by atoms with Gasteiger partial charge in [-0.3, -0.25) is 0 Å². The summed E-state index contributed by atoms with van der Waals surface area (Å²) in [5.41, 5.74) is -1.21. The molecule has 0 radical (unpaired) electrons. The highest BCUT2D eigenvalue weighted by Crippen LogP contribution is 2.37.